The average Bonchev–Trinajstić information content (AvgIpc) is 3.10. The quantitative estimate of drug-likeness (QED) is 0.855. The second-order valence-corrected chi connectivity index (χ2v) is 7.93. The first-order valence-electron chi connectivity index (χ1n) is 8.14. The summed E-state index contributed by atoms with van der Waals surface area (Å²) in [4.78, 5) is 16.5. The molecule has 5 nitrogen and oxygen atoms in total. The molecule has 0 saturated heterocycles. The number of nitrogens with zero attached hydrogens (tertiary/aromatic N) is 1. The van der Waals surface area contributed by atoms with Crippen LogP contribution in [0.5, 0.6) is 0 Å². The lowest BCUT2D eigenvalue weighted by atomic mass is 9.76. The van der Waals surface area contributed by atoms with Crippen molar-refractivity contribution >= 4 is 23.7 Å². The van der Waals surface area contributed by atoms with Gasteiger partial charge >= 0.3 is 0 Å². The van der Waals surface area contributed by atoms with Gasteiger partial charge in [0.2, 0.25) is 0 Å². The molecule has 1 aromatic rings. The molecule has 0 saturated carbocycles. The number of benzene rings is 1. The predicted molar refractivity (Wildman–Crippen MR) is 97.8 cm³/mol. The van der Waals surface area contributed by atoms with Gasteiger partial charge in [-0.25, -0.2) is 4.99 Å². The topological polar surface area (TPSA) is 90.7 Å². The van der Waals surface area contributed by atoms with E-state index in [-0.39, 0.29) is 28.6 Å². The smallest absolute Gasteiger partial charge is 0.282 e. The van der Waals surface area contributed by atoms with Gasteiger partial charge in [-0.05, 0) is 24.0 Å². The van der Waals surface area contributed by atoms with E-state index in [9.17, 15) is 4.79 Å². The summed E-state index contributed by atoms with van der Waals surface area (Å²) >= 11 is 1.56. The van der Waals surface area contributed by atoms with Crippen molar-refractivity contribution in [3.8, 4) is 0 Å². The third-order valence-electron chi connectivity index (χ3n) is 4.90. The number of primary amides is 1. The van der Waals surface area contributed by atoms with E-state index in [2.05, 4.69) is 37.0 Å². The molecular formula is C18H23N3O2S. The molecule has 3 atom stereocenters. The van der Waals surface area contributed by atoms with Gasteiger partial charge in [0, 0.05) is 10.7 Å². The Balaban J connectivity index is 1.85. The Hall–Kier alpha value is -1.95. The van der Waals surface area contributed by atoms with Gasteiger partial charge in [-0.2, -0.15) is 0 Å². The van der Waals surface area contributed by atoms with Crippen molar-refractivity contribution in [1.29, 1.82) is 0 Å². The average molecular weight is 345 g/mol. The first kappa shape index (κ1) is 16.9. The number of carbonyl (C=O) groups excluding carboxylic acids is 1. The van der Waals surface area contributed by atoms with Crippen LogP contribution in [0.1, 0.15) is 31.4 Å². The second kappa shape index (κ2) is 6.51. The molecule has 4 N–H and O–H groups in total. The zero-order chi connectivity index (χ0) is 17.3. The Labute approximate surface area is 146 Å². The predicted octanol–water partition coefficient (Wildman–Crippen LogP) is 2.09. The van der Waals surface area contributed by atoms with Crippen LogP contribution in [0.4, 0.5) is 0 Å². The summed E-state index contributed by atoms with van der Waals surface area (Å²) in [6, 6.07) is 8.81. The fourth-order valence-electron chi connectivity index (χ4n) is 3.33. The molecule has 1 amide bonds. The highest BCUT2D eigenvalue weighted by atomic mass is 32.2. The second-order valence-electron chi connectivity index (χ2n) is 6.54. The number of aryl methyl sites for hydroxylation is 1. The molecule has 0 fully saturated rings. The standard InChI is InChI=1S/C18H23N3O2S/c1-11-18(2,9-15(24-11)16(19)22)14-6-4-3-5-12(14)7-8-13-10-23-17(20)21-13/h3-6,9,11,13H,7-8,10H2,1-2H3,(H2,19,22)(H2,20,21). The summed E-state index contributed by atoms with van der Waals surface area (Å²) in [5, 5.41) is 0.254. The van der Waals surface area contributed by atoms with Gasteiger partial charge in [-0.3, -0.25) is 4.79 Å². The minimum Gasteiger partial charge on any atom is -0.463 e. The molecule has 6 heteroatoms. The molecule has 24 heavy (non-hydrogen) atoms. The van der Waals surface area contributed by atoms with Gasteiger partial charge < -0.3 is 16.2 Å². The van der Waals surface area contributed by atoms with Gasteiger partial charge in [-0.15, -0.1) is 11.8 Å². The Morgan fingerprint density at radius 1 is 1.46 bits per heavy atom. The molecule has 2 aliphatic heterocycles. The van der Waals surface area contributed by atoms with Gasteiger partial charge in [0.25, 0.3) is 11.9 Å². The highest BCUT2D eigenvalue weighted by Gasteiger charge is 2.40. The fourth-order valence-corrected chi connectivity index (χ4v) is 4.58. The third-order valence-corrected chi connectivity index (χ3v) is 6.32. The molecule has 0 aromatic heterocycles. The molecule has 0 bridgehead atoms. The number of hydrogen-bond donors (Lipinski definition) is 2. The van der Waals surface area contributed by atoms with E-state index in [1.165, 1.54) is 11.1 Å². The molecule has 1 aromatic carbocycles. The summed E-state index contributed by atoms with van der Waals surface area (Å²) in [5.74, 6) is -0.346. The van der Waals surface area contributed by atoms with Crippen LogP contribution in [0.2, 0.25) is 0 Å². The molecule has 128 valence electrons. The molecule has 3 rings (SSSR count). The van der Waals surface area contributed by atoms with Crippen molar-refractivity contribution in [1.82, 2.24) is 0 Å². The maximum absolute atomic E-state index is 11.6. The molecule has 2 heterocycles. The molecule has 2 aliphatic rings. The number of aliphatic imine (C=N–C) groups is 1. The lowest BCUT2D eigenvalue weighted by Gasteiger charge is -2.30. The van der Waals surface area contributed by atoms with Crippen LogP contribution in [0, 0.1) is 0 Å². The Morgan fingerprint density at radius 2 is 2.21 bits per heavy atom. The van der Waals surface area contributed by atoms with Gasteiger partial charge in [0.15, 0.2) is 0 Å². The van der Waals surface area contributed by atoms with Crippen molar-refractivity contribution in [2.75, 3.05) is 6.61 Å². The number of amidine groups is 1. The molecule has 3 unspecified atom stereocenters. The minimum absolute atomic E-state index is 0.123. The van der Waals surface area contributed by atoms with Crippen LogP contribution in [-0.2, 0) is 21.4 Å². The molecule has 0 radical (unpaired) electrons. The monoisotopic (exact) mass is 345 g/mol. The number of hydrogen-bond acceptors (Lipinski definition) is 5. The lowest BCUT2D eigenvalue weighted by Crippen LogP contribution is -2.28. The number of rotatable bonds is 5. The number of amides is 1. The van der Waals surface area contributed by atoms with Crippen LogP contribution in [0.3, 0.4) is 0 Å². The highest BCUT2D eigenvalue weighted by molar-refractivity contribution is 8.04. The zero-order valence-corrected chi connectivity index (χ0v) is 14.8. The summed E-state index contributed by atoms with van der Waals surface area (Å²) in [6.45, 7) is 4.88. The van der Waals surface area contributed by atoms with Crippen LogP contribution >= 0.6 is 11.8 Å². The summed E-state index contributed by atoms with van der Waals surface area (Å²) in [5.41, 5.74) is 13.4. The summed E-state index contributed by atoms with van der Waals surface area (Å²) in [6.07, 6.45) is 3.81. The molecular weight excluding hydrogens is 322 g/mol. The highest BCUT2D eigenvalue weighted by Crippen LogP contribution is 2.47. The Bertz CT molecular complexity index is 716. The van der Waals surface area contributed by atoms with Gasteiger partial charge in [0.05, 0.1) is 10.9 Å². The summed E-state index contributed by atoms with van der Waals surface area (Å²) < 4.78 is 5.22. The van der Waals surface area contributed by atoms with Gasteiger partial charge in [0.1, 0.15) is 6.61 Å². The third kappa shape index (κ3) is 3.15. The first-order valence-corrected chi connectivity index (χ1v) is 9.02. The summed E-state index contributed by atoms with van der Waals surface area (Å²) in [7, 11) is 0. The van der Waals surface area contributed by atoms with E-state index in [0.717, 1.165) is 12.8 Å². The number of carbonyl (C=O) groups is 1. The number of nitrogens with two attached hydrogens (primary N) is 2. The van der Waals surface area contributed by atoms with Crippen molar-refractivity contribution in [3.63, 3.8) is 0 Å². The van der Waals surface area contributed by atoms with Crippen molar-refractivity contribution < 1.29 is 9.53 Å². The van der Waals surface area contributed by atoms with Crippen LogP contribution < -0.4 is 11.5 Å². The van der Waals surface area contributed by atoms with E-state index in [4.69, 9.17) is 16.2 Å². The van der Waals surface area contributed by atoms with E-state index < -0.39 is 0 Å². The first-order chi connectivity index (χ1) is 11.4. The Kier molecular flexibility index (Phi) is 4.58. The lowest BCUT2D eigenvalue weighted by molar-refractivity contribution is -0.113. The van der Waals surface area contributed by atoms with Crippen LogP contribution in [0.25, 0.3) is 0 Å². The minimum atomic E-state index is -0.346. The molecule has 0 aliphatic carbocycles. The normalized spacial score (nSPS) is 29.1. The van der Waals surface area contributed by atoms with Crippen LogP contribution in [-0.4, -0.2) is 29.8 Å². The van der Waals surface area contributed by atoms with Gasteiger partial charge in [-0.1, -0.05) is 44.2 Å². The maximum atomic E-state index is 11.6. The fraction of sp³-hybridized carbons (Fsp3) is 0.444. The van der Waals surface area contributed by atoms with Crippen LogP contribution in [0.15, 0.2) is 40.2 Å². The maximum Gasteiger partial charge on any atom is 0.282 e. The Morgan fingerprint density at radius 3 is 2.83 bits per heavy atom. The van der Waals surface area contributed by atoms with E-state index in [1.54, 1.807) is 11.8 Å². The zero-order valence-electron chi connectivity index (χ0n) is 14.0. The largest absolute Gasteiger partial charge is 0.463 e. The number of ether oxygens (including phenoxy) is 1. The molecule has 0 spiro atoms. The SMILES string of the molecule is CC1SC(C(N)=O)=CC1(C)c1ccccc1CCC1COC(N)=N1. The number of allylic oxidation sites excluding steroid dienone is 1. The van der Waals surface area contributed by atoms with Crippen molar-refractivity contribution in [2.24, 2.45) is 16.5 Å². The van der Waals surface area contributed by atoms with E-state index >= 15 is 0 Å². The van der Waals surface area contributed by atoms with Crippen molar-refractivity contribution in [3.05, 3.63) is 46.4 Å². The van der Waals surface area contributed by atoms with Crippen molar-refractivity contribution in [2.45, 2.75) is 43.4 Å². The van der Waals surface area contributed by atoms with E-state index in [1.807, 2.05) is 12.1 Å². The number of thioether (sulfide) groups is 1. The van der Waals surface area contributed by atoms with E-state index in [0.29, 0.717) is 11.5 Å².